The minimum atomic E-state index is 0.713. The van der Waals surface area contributed by atoms with Gasteiger partial charge in [-0.2, -0.15) is 0 Å². The lowest BCUT2D eigenvalue weighted by atomic mass is 10.0. The van der Waals surface area contributed by atoms with Gasteiger partial charge in [0.15, 0.2) is 0 Å². The molecule has 0 amide bonds. The molecule has 0 aromatic heterocycles. The van der Waals surface area contributed by atoms with Crippen molar-refractivity contribution in [1.82, 2.24) is 0 Å². The van der Waals surface area contributed by atoms with E-state index in [4.69, 9.17) is 4.74 Å². The van der Waals surface area contributed by atoms with Crippen molar-refractivity contribution in [1.29, 1.82) is 0 Å². The maximum atomic E-state index is 5.76. The predicted octanol–water partition coefficient (Wildman–Crippen LogP) is 4.70. The molecule has 0 saturated carbocycles. The first kappa shape index (κ1) is 14.3. The van der Waals surface area contributed by atoms with E-state index in [1.165, 1.54) is 25.7 Å². The molecule has 0 aliphatic heterocycles. The number of hydrogen-bond donors (Lipinski definition) is 0. The highest BCUT2D eigenvalue weighted by Crippen LogP contribution is 2.14. The highest BCUT2D eigenvalue weighted by molar-refractivity contribution is 5.09. The lowest BCUT2D eigenvalue weighted by Gasteiger charge is -2.15. The minimum absolute atomic E-state index is 0.713. The second kappa shape index (κ2) is 9.82. The van der Waals surface area contributed by atoms with E-state index in [2.05, 4.69) is 13.8 Å². The maximum Gasteiger partial charge on any atom is 0.114 e. The molecular weight excluding hydrogens is 184 g/mol. The standard InChI is InChI=1S/C14H26O/c1-5-9-11-13(7-3)12-15-14(8-4)10-6-2/h6,8,10,13H,5,7,9,11-12H2,1-4H3/b10-6-,14-8+. The van der Waals surface area contributed by atoms with E-state index in [9.17, 15) is 0 Å². The van der Waals surface area contributed by atoms with Crippen molar-refractivity contribution in [3.63, 3.8) is 0 Å². The number of ether oxygens (including phenoxy) is 1. The third-order valence-corrected chi connectivity index (χ3v) is 2.64. The highest BCUT2D eigenvalue weighted by Gasteiger charge is 2.06. The number of unbranched alkanes of at least 4 members (excludes halogenated alkanes) is 1. The third kappa shape index (κ3) is 7.24. The molecule has 0 aliphatic rings. The lowest BCUT2D eigenvalue weighted by Crippen LogP contribution is -2.08. The van der Waals surface area contributed by atoms with Crippen LogP contribution in [0.25, 0.3) is 0 Å². The van der Waals surface area contributed by atoms with Crippen LogP contribution in [0.15, 0.2) is 24.0 Å². The summed E-state index contributed by atoms with van der Waals surface area (Å²) in [6.07, 6.45) is 11.2. The SMILES string of the molecule is C/C=C\C(=C/C)OCC(CC)CCCC. The molecule has 15 heavy (non-hydrogen) atoms. The van der Waals surface area contributed by atoms with Crippen molar-refractivity contribution in [3.8, 4) is 0 Å². The van der Waals surface area contributed by atoms with Crippen molar-refractivity contribution < 1.29 is 4.74 Å². The number of hydrogen-bond acceptors (Lipinski definition) is 1. The van der Waals surface area contributed by atoms with Crippen molar-refractivity contribution >= 4 is 0 Å². The first-order valence-electron chi connectivity index (χ1n) is 6.20. The van der Waals surface area contributed by atoms with Crippen LogP contribution < -0.4 is 0 Å². The van der Waals surface area contributed by atoms with Gasteiger partial charge in [0.05, 0.1) is 6.61 Å². The average molecular weight is 210 g/mol. The zero-order valence-electron chi connectivity index (χ0n) is 10.8. The van der Waals surface area contributed by atoms with Crippen molar-refractivity contribution in [2.45, 2.75) is 53.4 Å². The Labute approximate surface area is 95.2 Å². The van der Waals surface area contributed by atoms with Crippen LogP contribution in [-0.2, 0) is 4.74 Å². The Morgan fingerprint density at radius 2 is 2.00 bits per heavy atom. The summed E-state index contributed by atoms with van der Waals surface area (Å²) in [6.45, 7) is 9.38. The summed E-state index contributed by atoms with van der Waals surface area (Å²) in [5, 5.41) is 0. The predicted molar refractivity (Wildman–Crippen MR) is 67.8 cm³/mol. The summed E-state index contributed by atoms with van der Waals surface area (Å²) in [6, 6.07) is 0. The van der Waals surface area contributed by atoms with Crippen LogP contribution in [0.4, 0.5) is 0 Å². The Bertz CT molecular complexity index is 192. The number of rotatable bonds is 8. The van der Waals surface area contributed by atoms with E-state index < -0.39 is 0 Å². The van der Waals surface area contributed by atoms with Gasteiger partial charge in [0.2, 0.25) is 0 Å². The van der Waals surface area contributed by atoms with Gasteiger partial charge in [-0.25, -0.2) is 0 Å². The lowest BCUT2D eigenvalue weighted by molar-refractivity contribution is 0.164. The molecule has 0 saturated heterocycles. The Balaban J connectivity index is 3.87. The average Bonchev–Trinajstić information content (AvgIpc) is 2.27. The van der Waals surface area contributed by atoms with Crippen LogP contribution in [0.5, 0.6) is 0 Å². The summed E-state index contributed by atoms with van der Waals surface area (Å²) in [4.78, 5) is 0. The monoisotopic (exact) mass is 210 g/mol. The molecule has 0 radical (unpaired) electrons. The fraction of sp³-hybridized carbons (Fsp3) is 0.714. The fourth-order valence-electron chi connectivity index (χ4n) is 1.50. The highest BCUT2D eigenvalue weighted by atomic mass is 16.5. The summed E-state index contributed by atoms with van der Waals surface area (Å²) < 4.78 is 5.76. The smallest absolute Gasteiger partial charge is 0.114 e. The van der Waals surface area contributed by atoms with Crippen LogP contribution in [0.3, 0.4) is 0 Å². The van der Waals surface area contributed by atoms with E-state index in [0.29, 0.717) is 5.92 Å². The Kier molecular flexibility index (Phi) is 9.35. The van der Waals surface area contributed by atoms with Crippen LogP contribution in [0.1, 0.15) is 53.4 Å². The van der Waals surface area contributed by atoms with E-state index in [-0.39, 0.29) is 0 Å². The maximum absolute atomic E-state index is 5.76. The normalized spacial score (nSPS) is 14.5. The van der Waals surface area contributed by atoms with Gasteiger partial charge < -0.3 is 4.74 Å². The Hall–Kier alpha value is -0.720. The van der Waals surface area contributed by atoms with E-state index >= 15 is 0 Å². The Morgan fingerprint density at radius 3 is 2.47 bits per heavy atom. The molecule has 0 fully saturated rings. The quantitative estimate of drug-likeness (QED) is 0.417. The van der Waals surface area contributed by atoms with Crippen molar-refractivity contribution in [2.24, 2.45) is 5.92 Å². The summed E-state index contributed by atoms with van der Waals surface area (Å²) >= 11 is 0. The summed E-state index contributed by atoms with van der Waals surface area (Å²) in [7, 11) is 0. The second-order valence-electron chi connectivity index (χ2n) is 3.92. The number of allylic oxidation sites excluding steroid dienone is 3. The molecule has 1 nitrogen and oxygen atoms in total. The van der Waals surface area contributed by atoms with Gasteiger partial charge in [-0.15, -0.1) is 0 Å². The van der Waals surface area contributed by atoms with Crippen LogP contribution >= 0.6 is 0 Å². The molecule has 0 aromatic carbocycles. The van der Waals surface area contributed by atoms with E-state index in [1.807, 2.05) is 32.1 Å². The van der Waals surface area contributed by atoms with Gasteiger partial charge in [-0.1, -0.05) is 39.2 Å². The van der Waals surface area contributed by atoms with E-state index in [1.54, 1.807) is 0 Å². The molecule has 0 heterocycles. The second-order valence-corrected chi connectivity index (χ2v) is 3.92. The van der Waals surface area contributed by atoms with Crippen LogP contribution in [-0.4, -0.2) is 6.61 Å². The van der Waals surface area contributed by atoms with Gasteiger partial charge in [-0.05, 0) is 38.3 Å². The van der Waals surface area contributed by atoms with Gasteiger partial charge >= 0.3 is 0 Å². The third-order valence-electron chi connectivity index (χ3n) is 2.64. The molecule has 0 rings (SSSR count). The zero-order chi connectivity index (χ0) is 11.5. The molecule has 1 unspecified atom stereocenters. The molecule has 1 atom stereocenters. The first-order valence-corrected chi connectivity index (χ1v) is 6.20. The molecule has 1 heteroatoms. The van der Waals surface area contributed by atoms with E-state index in [0.717, 1.165) is 12.4 Å². The van der Waals surface area contributed by atoms with Gasteiger partial charge in [0.1, 0.15) is 5.76 Å². The summed E-state index contributed by atoms with van der Waals surface area (Å²) in [5.74, 6) is 1.71. The van der Waals surface area contributed by atoms with Gasteiger partial charge in [-0.3, -0.25) is 0 Å². The van der Waals surface area contributed by atoms with Gasteiger partial charge in [0, 0.05) is 0 Å². The minimum Gasteiger partial charge on any atom is -0.494 e. The topological polar surface area (TPSA) is 9.23 Å². The van der Waals surface area contributed by atoms with Gasteiger partial charge in [0.25, 0.3) is 0 Å². The van der Waals surface area contributed by atoms with Crippen LogP contribution in [0.2, 0.25) is 0 Å². The van der Waals surface area contributed by atoms with Crippen molar-refractivity contribution in [2.75, 3.05) is 6.61 Å². The molecule has 88 valence electrons. The zero-order valence-corrected chi connectivity index (χ0v) is 10.8. The molecule has 0 N–H and O–H groups in total. The fourth-order valence-corrected chi connectivity index (χ4v) is 1.50. The molecule has 0 aliphatic carbocycles. The van der Waals surface area contributed by atoms with Crippen molar-refractivity contribution in [3.05, 3.63) is 24.0 Å². The summed E-state index contributed by atoms with van der Waals surface area (Å²) in [5.41, 5.74) is 0. The Morgan fingerprint density at radius 1 is 1.27 bits per heavy atom. The molecule has 0 spiro atoms. The molecular formula is C14H26O. The molecule has 0 aromatic rings. The molecule has 0 bridgehead atoms. The largest absolute Gasteiger partial charge is 0.494 e. The first-order chi connectivity index (χ1) is 7.28. The van der Waals surface area contributed by atoms with Crippen LogP contribution in [0, 0.1) is 5.92 Å².